The van der Waals surface area contributed by atoms with E-state index in [1.54, 1.807) is 12.1 Å². The van der Waals surface area contributed by atoms with E-state index in [0.29, 0.717) is 5.56 Å². The maximum absolute atomic E-state index is 11.8. The van der Waals surface area contributed by atoms with Crippen LogP contribution in [-0.2, 0) is 4.79 Å². The van der Waals surface area contributed by atoms with E-state index in [0.717, 1.165) is 55.9 Å². The number of carbonyl (C=O) groups excluding carboxylic acids is 2. The molecule has 0 saturated heterocycles. The van der Waals surface area contributed by atoms with Gasteiger partial charge < -0.3 is 14.8 Å². The number of hydrogen-bond acceptors (Lipinski definition) is 3. The van der Waals surface area contributed by atoms with Gasteiger partial charge in [0.15, 0.2) is 0 Å². The highest BCUT2D eigenvalue weighted by atomic mass is 16.5. The van der Waals surface area contributed by atoms with Gasteiger partial charge in [-0.1, -0.05) is 32.3 Å². The summed E-state index contributed by atoms with van der Waals surface area (Å²) in [6.07, 6.45) is 9.69. The molecule has 25 heavy (non-hydrogen) atoms. The summed E-state index contributed by atoms with van der Waals surface area (Å²) in [5.41, 5.74) is 1.49. The molecule has 1 aliphatic carbocycles. The summed E-state index contributed by atoms with van der Waals surface area (Å²) in [6, 6.07) is 7.21. The lowest BCUT2D eigenvalue weighted by molar-refractivity contribution is -0.108. The number of benzene rings is 1. The fraction of sp³-hybridized carbons (Fsp3) is 0.524. The lowest BCUT2D eigenvalue weighted by atomic mass is 10.2. The van der Waals surface area contributed by atoms with Crippen molar-refractivity contribution >= 4 is 12.2 Å². The molecular weight excluding hydrogens is 314 g/mol. The predicted octanol–water partition coefficient (Wildman–Crippen LogP) is 4.89. The molecule has 0 aliphatic heterocycles. The minimum atomic E-state index is -0.0919. The average molecular weight is 345 g/mol. The average Bonchev–Trinajstić information content (AvgIpc) is 3.45. The Labute approximate surface area is 151 Å². The van der Waals surface area contributed by atoms with Gasteiger partial charge in [0.25, 0.3) is 5.91 Å². The van der Waals surface area contributed by atoms with Crippen LogP contribution in [0.2, 0.25) is 0 Å². The first-order valence-electron chi connectivity index (χ1n) is 9.21. The Bertz CT molecular complexity index is 545. The summed E-state index contributed by atoms with van der Waals surface area (Å²) in [6.45, 7) is 6.60. The Kier molecular flexibility index (Phi) is 10.3. The van der Waals surface area contributed by atoms with Gasteiger partial charge in [0, 0.05) is 17.7 Å². The van der Waals surface area contributed by atoms with E-state index < -0.39 is 0 Å². The summed E-state index contributed by atoms with van der Waals surface area (Å²) in [5, 5.41) is 2.80. The molecule has 1 N–H and O–H groups in total. The van der Waals surface area contributed by atoms with Crippen molar-refractivity contribution in [1.29, 1.82) is 0 Å². The number of nitrogens with one attached hydrogen (secondary N) is 1. The quantitative estimate of drug-likeness (QED) is 0.512. The summed E-state index contributed by atoms with van der Waals surface area (Å²) in [7, 11) is 0. The van der Waals surface area contributed by atoms with E-state index in [2.05, 4.69) is 12.2 Å². The Morgan fingerprint density at radius 1 is 1.28 bits per heavy atom. The van der Waals surface area contributed by atoms with Crippen molar-refractivity contribution in [3.8, 4) is 5.75 Å². The maximum atomic E-state index is 11.8. The molecule has 138 valence electrons. The molecule has 2 rings (SSSR count). The van der Waals surface area contributed by atoms with Crippen LogP contribution in [0.4, 0.5) is 0 Å². The molecule has 1 fully saturated rings. The number of rotatable bonds is 9. The zero-order chi connectivity index (χ0) is 18.5. The second-order valence-electron chi connectivity index (χ2n) is 6.34. The topological polar surface area (TPSA) is 55.4 Å². The Hall–Kier alpha value is -2.10. The van der Waals surface area contributed by atoms with Crippen molar-refractivity contribution in [3.63, 3.8) is 0 Å². The Morgan fingerprint density at radius 2 is 1.96 bits per heavy atom. The van der Waals surface area contributed by atoms with Gasteiger partial charge in [0.05, 0.1) is 6.61 Å². The van der Waals surface area contributed by atoms with Crippen molar-refractivity contribution < 1.29 is 14.3 Å². The van der Waals surface area contributed by atoms with E-state index >= 15 is 0 Å². The zero-order valence-corrected chi connectivity index (χ0v) is 15.7. The highest BCUT2D eigenvalue weighted by Crippen LogP contribution is 2.32. The number of ether oxygens (including phenoxy) is 1. The van der Waals surface area contributed by atoms with Crippen LogP contribution in [0.1, 0.15) is 69.7 Å². The number of aldehydes is 1. The number of unbranched alkanes of at least 4 members (excludes halogenated alkanes) is 1. The third-order valence-electron chi connectivity index (χ3n) is 4.02. The number of amides is 1. The van der Waals surface area contributed by atoms with Crippen LogP contribution in [0, 0.1) is 5.92 Å². The molecular formula is C21H31NO3. The first kappa shape index (κ1) is 20.9. The van der Waals surface area contributed by atoms with Crippen LogP contribution in [0.25, 0.3) is 0 Å². The monoisotopic (exact) mass is 345 g/mol. The number of carbonyl (C=O) groups is 2. The zero-order valence-electron chi connectivity index (χ0n) is 15.7. The van der Waals surface area contributed by atoms with E-state index in [9.17, 15) is 9.59 Å². The molecule has 0 atom stereocenters. The minimum absolute atomic E-state index is 0.0919. The third kappa shape index (κ3) is 9.70. The van der Waals surface area contributed by atoms with Crippen molar-refractivity contribution in [3.05, 3.63) is 41.6 Å². The van der Waals surface area contributed by atoms with Crippen molar-refractivity contribution in [2.24, 2.45) is 5.92 Å². The minimum Gasteiger partial charge on any atom is -0.494 e. The SMILES string of the molecule is C/C=C(\C)NC(=O)c1ccc(OCCCC)cc1.O=CCCC1CC1. The van der Waals surface area contributed by atoms with Crippen LogP contribution < -0.4 is 10.1 Å². The van der Waals surface area contributed by atoms with Crippen molar-refractivity contribution in [2.45, 2.75) is 59.3 Å². The first-order valence-corrected chi connectivity index (χ1v) is 9.21. The Morgan fingerprint density at radius 3 is 2.48 bits per heavy atom. The molecule has 1 saturated carbocycles. The van der Waals surface area contributed by atoms with Crippen LogP contribution >= 0.6 is 0 Å². The summed E-state index contributed by atoms with van der Waals surface area (Å²) in [4.78, 5) is 21.5. The maximum Gasteiger partial charge on any atom is 0.255 e. The molecule has 0 heterocycles. The van der Waals surface area contributed by atoms with Gasteiger partial charge >= 0.3 is 0 Å². The largest absolute Gasteiger partial charge is 0.494 e. The van der Waals surface area contributed by atoms with Gasteiger partial charge in [-0.3, -0.25) is 4.79 Å². The normalized spacial score (nSPS) is 13.5. The smallest absolute Gasteiger partial charge is 0.255 e. The van der Waals surface area contributed by atoms with Gasteiger partial charge in [-0.05, 0) is 56.9 Å². The third-order valence-corrected chi connectivity index (χ3v) is 4.02. The van der Waals surface area contributed by atoms with Gasteiger partial charge in [-0.2, -0.15) is 0 Å². The van der Waals surface area contributed by atoms with E-state index in [1.807, 2.05) is 32.1 Å². The lowest BCUT2D eigenvalue weighted by Crippen LogP contribution is -2.21. The van der Waals surface area contributed by atoms with E-state index in [1.165, 1.54) is 12.8 Å². The van der Waals surface area contributed by atoms with Crippen molar-refractivity contribution in [2.75, 3.05) is 6.61 Å². The molecule has 0 aromatic heterocycles. The van der Waals surface area contributed by atoms with Crippen LogP contribution in [-0.4, -0.2) is 18.8 Å². The molecule has 0 radical (unpaired) electrons. The fourth-order valence-corrected chi connectivity index (χ4v) is 2.07. The van der Waals surface area contributed by atoms with Crippen LogP contribution in [0.15, 0.2) is 36.0 Å². The van der Waals surface area contributed by atoms with Gasteiger partial charge in [-0.25, -0.2) is 0 Å². The fourth-order valence-electron chi connectivity index (χ4n) is 2.07. The molecule has 4 nitrogen and oxygen atoms in total. The molecule has 1 amide bonds. The second-order valence-corrected chi connectivity index (χ2v) is 6.34. The van der Waals surface area contributed by atoms with E-state index in [4.69, 9.17) is 4.74 Å². The standard InChI is InChI=1S/C15H21NO2.C6H10O/c1-4-6-11-18-14-9-7-13(8-10-14)15(17)16-12(3)5-2;7-5-1-2-6-3-4-6/h5,7-10H,4,6,11H2,1-3H3,(H,16,17);5-6H,1-4H2/b12-5+;. The molecule has 1 aromatic carbocycles. The molecule has 0 bridgehead atoms. The summed E-state index contributed by atoms with van der Waals surface area (Å²) >= 11 is 0. The lowest BCUT2D eigenvalue weighted by Gasteiger charge is -2.07. The highest BCUT2D eigenvalue weighted by Gasteiger charge is 2.19. The molecule has 1 aliphatic rings. The summed E-state index contributed by atoms with van der Waals surface area (Å²) in [5.74, 6) is 1.64. The first-order chi connectivity index (χ1) is 12.1. The molecule has 1 aromatic rings. The number of hydrogen-bond donors (Lipinski definition) is 1. The van der Waals surface area contributed by atoms with Crippen LogP contribution in [0.5, 0.6) is 5.75 Å². The number of allylic oxidation sites excluding steroid dienone is 2. The van der Waals surface area contributed by atoms with E-state index in [-0.39, 0.29) is 5.91 Å². The Balaban J connectivity index is 0.000000370. The van der Waals surface area contributed by atoms with Gasteiger partial charge in [-0.15, -0.1) is 0 Å². The summed E-state index contributed by atoms with van der Waals surface area (Å²) < 4.78 is 5.54. The predicted molar refractivity (Wildman–Crippen MR) is 102 cm³/mol. The molecule has 4 heteroatoms. The van der Waals surface area contributed by atoms with Gasteiger partial charge in [0.1, 0.15) is 12.0 Å². The second kappa shape index (κ2) is 12.3. The highest BCUT2D eigenvalue weighted by molar-refractivity contribution is 5.95. The molecule has 0 unspecified atom stereocenters. The van der Waals surface area contributed by atoms with Crippen molar-refractivity contribution in [1.82, 2.24) is 5.32 Å². The van der Waals surface area contributed by atoms with Crippen LogP contribution in [0.3, 0.4) is 0 Å². The van der Waals surface area contributed by atoms with Gasteiger partial charge in [0.2, 0.25) is 0 Å². The molecule has 0 spiro atoms.